The van der Waals surface area contributed by atoms with Crippen LogP contribution >= 0.6 is 11.8 Å². The van der Waals surface area contributed by atoms with E-state index in [2.05, 4.69) is 26.1 Å². The van der Waals surface area contributed by atoms with Crippen molar-refractivity contribution in [3.05, 3.63) is 35.4 Å². The minimum atomic E-state index is -0.474. The van der Waals surface area contributed by atoms with Gasteiger partial charge >= 0.3 is 0 Å². The number of hydrogen-bond donors (Lipinski definition) is 1. The minimum Gasteiger partial charge on any atom is -0.340 e. The highest BCUT2D eigenvalue weighted by Gasteiger charge is 2.29. The molecule has 0 aliphatic carbocycles. The summed E-state index contributed by atoms with van der Waals surface area (Å²) in [6.07, 6.45) is 0. The van der Waals surface area contributed by atoms with Crippen LogP contribution in [-0.4, -0.2) is 47.4 Å². The molecular formula is C20H30N2O2S. The molecule has 1 fully saturated rings. The van der Waals surface area contributed by atoms with E-state index < -0.39 is 6.04 Å². The smallest absolute Gasteiger partial charge is 0.251 e. The summed E-state index contributed by atoms with van der Waals surface area (Å²) in [5.41, 5.74) is 1.84. The summed E-state index contributed by atoms with van der Waals surface area (Å²) >= 11 is 1.87. The molecule has 1 aliphatic heterocycles. The molecule has 0 radical (unpaired) electrons. The van der Waals surface area contributed by atoms with Crippen LogP contribution in [0.25, 0.3) is 0 Å². The van der Waals surface area contributed by atoms with Crippen molar-refractivity contribution < 1.29 is 9.59 Å². The summed E-state index contributed by atoms with van der Waals surface area (Å²) in [5.74, 6) is 1.85. The summed E-state index contributed by atoms with van der Waals surface area (Å²) < 4.78 is 0. The predicted octanol–water partition coefficient (Wildman–Crippen LogP) is 3.31. The summed E-state index contributed by atoms with van der Waals surface area (Å²) in [4.78, 5) is 27.3. The molecule has 1 saturated heterocycles. The summed E-state index contributed by atoms with van der Waals surface area (Å²) in [5, 5.41) is 2.95. The minimum absolute atomic E-state index is 0.0370. The lowest BCUT2D eigenvalue weighted by molar-refractivity contribution is -0.133. The van der Waals surface area contributed by atoms with Crippen molar-refractivity contribution in [2.45, 2.75) is 46.1 Å². The van der Waals surface area contributed by atoms with E-state index in [1.165, 1.54) is 5.56 Å². The second-order valence-corrected chi connectivity index (χ2v) is 9.18. The maximum atomic E-state index is 12.8. The van der Waals surface area contributed by atoms with Crippen LogP contribution in [0, 0.1) is 5.92 Å². The van der Waals surface area contributed by atoms with Gasteiger partial charge in [-0.15, -0.1) is 0 Å². The van der Waals surface area contributed by atoms with Crippen LogP contribution in [0.2, 0.25) is 0 Å². The van der Waals surface area contributed by atoms with Gasteiger partial charge in [-0.2, -0.15) is 11.8 Å². The quantitative estimate of drug-likeness (QED) is 0.894. The third kappa shape index (κ3) is 5.24. The van der Waals surface area contributed by atoms with Crippen LogP contribution in [0.1, 0.15) is 50.5 Å². The van der Waals surface area contributed by atoms with Crippen molar-refractivity contribution >= 4 is 23.6 Å². The average molecular weight is 363 g/mol. The third-order valence-electron chi connectivity index (χ3n) is 4.56. The second-order valence-electron chi connectivity index (χ2n) is 7.96. The van der Waals surface area contributed by atoms with Gasteiger partial charge in [0.2, 0.25) is 5.91 Å². The van der Waals surface area contributed by atoms with Gasteiger partial charge in [-0.25, -0.2) is 0 Å². The number of nitrogens with one attached hydrogen (secondary N) is 1. The zero-order chi connectivity index (χ0) is 18.6. The average Bonchev–Trinajstić information content (AvgIpc) is 2.58. The van der Waals surface area contributed by atoms with Gasteiger partial charge in [0.05, 0.1) is 0 Å². The number of carbonyl (C=O) groups is 2. The van der Waals surface area contributed by atoms with E-state index in [9.17, 15) is 9.59 Å². The lowest BCUT2D eigenvalue weighted by Crippen LogP contribution is -2.53. The Morgan fingerprint density at radius 3 is 2.12 bits per heavy atom. The molecule has 0 saturated carbocycles. The Bertz CT molecular complexity index is 599. The molecule has 0 aromatic heterocycles. The Hall–Kier alpha value is -1.49. The summed E-state index contributed by atoms with van der Waals surface area (Å²) in [7, 11) is 0. The number of rotatable bonds is 4. The Kier molecular flexibility index (Phi) is 6.55. The first-order chi connectivity index (χ1) is 11.7. The highest BCUT2D eigenvalue weighted by Crippen LogP contribution is 2.22. The molecule has 1 atom stereocenters. The fraction of sp³-hybridized carbons (Fsp3) is 0.600. The topological polar surface area (TPSA) is 49.4 Å². The van der Waals surface area contributed by atoms with E-state index in [0.29, 0.717) is 5.56 Å². The molecule has 1 heterocycles. The molecule has 1 unspecified atom stereocenters. The number of carbonyl (C=O) groups excluding carboxylic acids is 2. The van der Waals surface area contributed by atoms with Crippen molar-refractivity contribution in [1.82, 2.24) is 10.2 Å². The highest BCUT2D eigenvalue weighted by atomic mass is 32.2. The maximum absolute atomic E-state index is 12.8. The molecule has 138 valence electrons. The first kappa shape index (κ1) is 19.8. The first-order valence-corrected chi connectivity index (χ1v) is 10.1. The van der Waals surface area contributed by atoms with Crippen LogP contribution in [0.5, 0.6) is 0 Å². The maximum Gasteiger partial charge on any atom is 0.251 e. The van der Waals surface area contributed by atoms with E-state index >= 15 is 0 Å². The van der Waals surface area contributed by atoms with Gasteiger partial charge in [0.25, 0.3) is 5.91 Å². The van der Waals surface area contributed by atoms with Gasteiger partial charge in [0.15, 0.2) is 0 Å². The van der Waals surface area contributed by atoms with Crippen molar-refractivity contribution in [2.24, 2.45) is 5.92 Å². The molecule has 0 spiro atoms. The Balaban J connectivity index is 2.08. The lowest BCUT2D eigenvalue weighted by Gasteiger charge is -2.32. The summed E-state index contributed by atoms with van der Waals surface area (Å²) in [6.45, 7) is 11.9. The molecule has 1 aliphatic rings. The molecule has 5 heteroatoms. The van der Waals surface area contributed by atoms with Gasteiger partial charge < -0.3 is 10.2 Å². The molecule has 1 aromatic carbocycles. The van der Waals surface area contributed by atoms with Crippen LogP contribution in [0.3, 0.4) is 0 Å². The first-order valence-electron chi connectivity index (χ1n) is 8.98. The molecule has 2 rings (SSSR count). The molecule has 2 amide bonds. The molecule has 0 bridgehead atoms. The highest BCUT2D eigenvalue weighted by molar-refractivity contribution is 7.99. The molecular weight excluding hydrogens is 332 g/mol. The molecule has 1 N–H and O–H groups in total. The third-order valence-corrected chi connectivity index (χ3v) is 5.50. The number of thioether (sulfide) groups is 1. The van der Waals surface area contributed by atoms with Gasteiger partial charge in [-0.05, 0) is 29.0 Å². The van der Waals surface area contributed by atoms with Crippen molar-refractivity contribution in [3.8, 4) is 0 Å². The van der Waals surface area contributed by atoms with Crippen LogP contribution < -0.4 is 5.32 Å². The largest absolute Gasteiger partial charge is 0.340 e. The molecule has 1 aromatic rings. The number of amides is 2. The van der Waals surface area contributed by atoms with Crippen molar-refractivity contribution in [3.63, 3.8) is 0 Å². The number of benzene rings is 1. The standard InChI is InChI=1S/C20H30N2O2S/c1-14(2)17(19(24)22-10-12-25-13-11-22)21-18(23)15-6-8-16(9-7-15)20(3,4)5/h6-9,14,17H,10-13H2,1-5H3,(H,21,23). The van der Waals surface area contributed by atoms with Gasteiger partial charge in [-0.1, -0.05) is 46.8 Å². The van der Waals surface area contributed by atoms with E-state index in [1.807, 2.05) is 54.8 Å². The second kappa shape index (κ2) is 8.26. The Morgan fingerprint density at radius 2 is 1.64 bits per heavy atom. The van der Waals surface area contributed by atoms with Crippen molar-refractivity contribution in [2.75, 3.05) is 24.6 Å². The SMILES string of the molecule is CC(C)C(NC(=O)c1ccc(C(C)(C)C)cc1)C(=O)N1CCSCC1. The van der Waals surface area contributed by atoms with Crippen LogP contribution in [0.4, 0.5) is 0 Å². The Morgan fingerprint density at radius 1 is 1.08 bits per heavy atom. The molecule has 25 heavy (non-hydrogen) atoms. The fourth-order valence-corrected chi connectivity index (χ4v) is 3.74. The monoisotopic (exact) mass is 362 g/mol. The normalized spacial score (nSPS) is 16.6. The number of nitrogens with zero attached hydrogens (tertiary/aromatic N) is 1. The van der Waals surface area contributed by atoms with Gasteiger partial charge in [0, 0.05) is 30.2 Å². The fourth-order valence-electron chi connectivity index (χ4n) is 2.84. The Labute approximate surface area is 155 Å². The number of hydrogen-bond acceptors (Lipinski definition) is 3. The van der Waals surface area contributed by atoms with E-state index in [4.69, 9.17) is 0 Å². The van der Waals surface area contributed by atoms with Crippen LogP contribution in [0.15, 0.2) is 24.3 Å². The van der Waals surface area contributed by atoms with Crippen LogP contribution in [-0.2, 0) is 10.2 Å². The van der Waals surface area contributed by atoms with E-state index in [1.54, 1.807) is 0 Å². The lowest BCUT2D eigenvalue weighted by atomic mass is 9.86. The zero-order valence-electron chi connectivity index (χ0n) is 16.0. The van der Waals surface area contributed by atoms with Gasteiger partial charge in [-0.3, -0.25) is 9.59 Å². The van der Waals surface area contributed by atoms with Crippen molar-refractivity contribution in [1.29, 1.82) is 0 Å². The molecule has 4 nitrogen and oxygen atoms in total. The van der Waals surface area contributed by atoms with E-state index in [0.717, 1.165) is 24.6 Å². The van der Waals surface area contributed by atoms with E-state index in [-0.39, 0.29) is 23.1 Å². The van der Waals surface area contributed by atoms with Gasteiger partial charge in [0.1, 0.15) is 6.04 Å². The zero-order valence-corrected chi connectivity index (χ0v) is 16.8. The predicted molar refractivity (Wildman–Crippen MR) is 105 cm³/mol. The summed E-state index contributed by atoms with van der Waals surface area (Å²) in [6, 6.07) is 7.19.